The number of carbonyl (C=O) groups is 1. The Labute approximate surface area is 137 Å². The third-order valence-corrected chi connectivity index (χ3v) is 4.22. The van der Waals surface area contributed by atoms with Crippen LogP contribution in [0.4, 0.5) is 4.79 Å². The molecule has 1 aromatic carbocycles. The average molecular weight is 336 g/mol. The number of aliphatic hydroxyl groups is 1. The fraction of sp³-hybridized carbons (Fsp3) is 0.200. The number of hydrogen-bond donors (Lipinski definition) is 3. The van der Waals surface area contributed by atoms with E-state index in [0.717, 1.165) is 5.56 Å². The number of rotatable bonds is 5. The summed E-state index contributed by atoms with van der Waals surface area (Å²) < 4.78 is 0.593. The van der Waals surface area contributed by atoms with Gasteiger partial charge in [-0.05, 0) is 29.8 Å². The molecule has 0 unspecified atom stereocenters. The van der Waals surface area contributed by atoms with E-state index < -0.39 is 6.10 Å². The number of halogens is 1. The zero-order valence-electron chi connectivity index (χ0n) is 11.5. The fourth-order valence-corrected chi connectivity index (χ4v) is 2.84. The second-order valence-electron chi connectivity index (χ2n) is 4.53. The normalized spacial score (nSPS) is 11.5. The van der Waals surface area contributed by atoms with Gasteiger partial charge in [0, 0.05) is 11.4 Å². The van der Waals surface area contributed by atoms with E-state index in [1.54, 1.807) is 30.3 Å². The van der Waals surface area contributed by atoms with Crippen molar-refractivity contribution in [3.8, 4) is 6.07 Å². The van der Waals surface area contributed by atoms with Crippen molar-refractivity contribution in [1.29, 1.82) is 5.26 Å². The van der Waals surface area contributed by atoms with Gasteiger partial charge in [0.1, 0.15) is 6.10 Å². The first-order valence-electron chi connectivity index (χ1n) is 6.52. The number of amides is 2. The lowest BCUT2D eigenvalue weighted by Gasteiger charge is -2.11. The molecule has 1 heterocycles. The van der Waals surface area contributed by atoms with Gasteiger partial charge in [-0.1, -0.05) is 23.7 Å². The van der Waals surface area contributed by atoms with Gasteiger partial charge in [0.2, 0.25) is 0 Å². The second-order valence-corrected chi connectivity index (χ2v) is 6.28. The summed E-state index contributed by atoms with van der Waals surface area (Å²) in [6.45, 7) is 0.406. The number of nitrogens with zero attached hydrogens (tertiary/aromatic N) is 1. The van der Waals surface area contributed by atoms with E-state index in [1.807, 2.05) is 12.1 Å². The maximum atomic E-state index is 11.7. The van der Waals surface area contributed by atoms with Crippen LogP contribution in [0.2, 0.25) is 4.34 Å². The van der Waals surface area contributed by atoms with E-state index in [4.69, 9.17) is 16.9 Å². The zero-order valence-corrected chi connectivity index (χ0v) is 13.1. The van der Waals surface area contributed by atoms with Crippen LogP contribution in [0, 0.1) is 11.3 Å². The van der Waals surface area contributed by atoms with Gasteiger partial charge in [0.05, 0.1) is 22.5 Å². The van der Waals surface area contributed by atoms with Crippen molar-refractivity contribution in [3.05, 3.63) is 56.7 Å². The molecule has 2 amide bonds. The smallest absolute Gasteiger partial charge is 0.315 e. The number of thiophene rings is 1. The molecule has 114 valence electrons. The summed E-state index contributed by atoms with van der Waals surface area (Å²) >= 11 is 7.07. The average Bonchev–Trinajstić information content (AvgIpc) is 2.97. The van der Waals surface area contributed by atoms with Gasteiger partial charge in [-0.3, -0.25) is 0 Å². The molecule has 0 aliphatic carbocycles. The van der Waals surface area contributed by atoms with Gasteiger partial charge in [-0.15, -0.1) is 11.3 Å². The predicted molar refractivity (Wildman–Crippen MR) is 85.7 cm³/mol. The van der Waals surface area contributed by atoms with Crippen molar-refractivity contribution in [3.63, 3.8) is 0 Å². The Morgan fingerprint density at radius 3 is 2.86 bits per heavy atom. The quantitative estimate of drug-likeness (QED) is 0.785. The number of aliphatic hydroxyl groups excluding tert-OH is 1. The molecule has 1 aromatic heterocycles. The van der Waals surface area contributed by atoms with E-state index >= 15 is 0 Å². The molecule has 1 atom stereocenters. The van der Waals surface area contributed by atoms with Crippen LogP contribution in [0.3, 0.4) is 0 Å². The molecule has 0 spiro atoms. The molecule has 2 rings (SSSR count). The molecule has 0 saturated heterocycles. The maximum absolute atomic E-state index is 11.7. The highest BCUT2D eigenvalue weighted by Gasteiger charge is 2.11. The molecule has 0 aliphatic heterocycles. The Morgan fingerprint density at radius 1 is 1.36 bits per heavy atom. The maximum Gasteiger partial charge on any atom is 0.315 e. The Bertz CT molecular complexity index is 696. The SMILES string of the molecule is N#Cc1cccc(CNC(=O)NC[C@@H](O)c2ccc(Cl)s2)c1. The van der Waals surface area contributed by atoms with E-state index in [2.05, 4.69) is 10.6 Å². The Kier molecular flexibility index (Phi) is 5.78. The van der Waals surface area contributed by atoms with Crippen molar-refractivity contribution >= 4 is 29.0 Å². The minimum atomic E-state index is -0.787. The Morgan fingerprint density at radius 2 is 2.18 bits per heavy atom. The molecule has 7 heteroatoms. The first kappa shape index (κ1) is 16.3. The predicted octanol–water partition coefficient (Wildman–Crippen LogP) is 2.81. The summed E-state index contributed by atoms with van der Waals surface area (Å²) in [7, 11) is 0. The van der Waals surface area contributed by atoms with Gasteiger partial charge in [-0.2, -0.15) is 5.26 Å². The number of benzene rings is 1. The fourth-order valence-electron chi connectivity index (χ4n) is 1.79. The number of nitrogens with one attached hydrogen (secondary N) is 2. The van der Waals surface area contributed by atoms with Crippen LogP contribution in [-0.4, -0.2) is 17.7 Å². The highest BCUT2D eigenvalue weighted by molar-refractivity contribution is 7.16. The summed E-state index contributed by atoms with van der Waals surface area (Å²) in [4.78, 5) is 12.4. The van der Waals surface area contributed by atoms with E-state index in [9.17, 15) is 9.90 Å². The first-order valence-corrected chi connectivity index (χ1v) is 7.72. The molecular weight excluding hydrogens is 322 g/mol. The lowest BCUT2D eigenvalue weighted by molar-refractivity contribution is 0.176. The molecule has 22 heavy (non-hydrogen) atoms. The first-order chi connectivity index (χ1) is 10.6. The summed E-state index contributed by atoms with van der Waals surface area (Å²) in [5.41, 5.74) is 1.38. The van der Waals surface area contributed by atoms with Crippen LogP contribution in [0.1, 0.15) is 22.1 Å². The number of hydrogen-bond acceptors (Lipinski definition) is 4. The van der Waals surface area contributed by atoms with Crippen molar-refractivity contribution in [1.82, 2.24) is 10.6 Å². The largest absolute Gasteiger partial charge is 0.386 e. The third-order valence-electron chi connectivity index (χ3n) is 2.89. The molecule has 0 fully saturated rings. The lowest BCUT2D eigenvalue weighted by Crippen LogP contribution is -2.37. The Balaban J connectivity index is 1.77. The minimum absolute atomic E-state index is 0.0981. The van der Waals surface area contributed by atoms with Crippen LogP contribution >= 0.6 is 22.9 Å². The van der Waals surface area contributed by atoms with E-state index in [1.165, 1.54) is 11.3 Å². The van der Waals surface area contributed by atoms with Crippen LogP contribution in [0.25, 0.3) is 0 Å². The molecule has 0 saturated carbocycles. The molecule has 3 N–H and O–H groups in total. The molecule has 5 nitrogen and oxygen atoms in total. The number of carbonyl (C=O) groups excluding carboxylic acids is 1. The van der Waals surface area contributed by atoms with E-state index in [-0.39, 0.29) is 12.6 Å². The number of nitriles is 1. The van der Waals surface area contributed by atoms with Crippen molar-refractivity contribution in [2.45, 2.75) is 12.6 Å². The monoisotopic (exact) mass is 335 g/mol. The van der Waals surface area contributed by atoms with E-state index in [0.29, 0.717) is 21.3 Å². The van der Waals surface area contributed by atoms with Crippen molar-refractivity contribution in [2.24, 2.45) is 0 Å². The standard InChI is InChI=1S/C15H14ClN3O2S/c16-14-5-4-13(22-14)12(20)9-19-15(21)18-8-11-3-1-2-10(6-11)7-17/h1-6,12,20H,8-9H2,(H2,18,19,21)/t12-/m1/s1. The Hall–Kier alpha value is -2.07. The summed E-state index contributed by atoms with van der Waals surface area (Å²) in [5, 5.41) is 24.0. The van der Waals surface area contributed by atoms with Crippen LogP contribution in [-0.2, 0) is 6.54 Å². The van der Waals surface area contributed by atoms with Crippen molar-refractivity contribution in [2.75, 3.05) is 6.54 Å². The van der Waals surface area contributed by atoms with Gasteiger partial charge >= 0.3 is 6.03 Å². The number of urea groups is 1. The van der Waals surface area contributed by atoms with Crippen LogP contribution < -0.4 is 10.6 Å². The molecule has 0 aliphatic rings. The molecule has 0 radical (unpaired) electrons. The summed E-state index contributed by atoms with van der Waals surface area (Å²) in [5.74, 6) is 0. The highest BCUT2D eigenvalue weighted by atomic mass is 35.5. The third kappa shape index (κ3) is 4.74. The highest BCUT2D eigenvalue weighted by Crippen LogP contribution is 2.26. The molecule has 2 aromatic rings. The van der Waals surface area contributed by atoms with Gasteiger partial charge in [0.15, 0.2) is 0 Å². The topological polar surface area (TPSA) is 85.2 Å². The van der Waals surface area contributed by atoms with Gasteiger partial charge in [0.25, 0.3) is 0 Å². The summed E-state index contributed by atoms with van der Waals surface area (Å²) in [6, 6.07) is 12.1. The van der Waals surface area contributed by atoms with Gasteiger partial charge in [-0.25, -0.2) is 4.79 Å². The molecule has 0 bridgehead atoms. The minimum Gasteiger partial charge on any atom is -0.386 e. The zero-order chi connectivity index (χ0) is 15.9. The molecular formula is C15H14ClN3O2S. The second kappa shape index (κ2) is 7.80. The van der Waals surface area contributed by atoms with Gasteiger partial charge < -0.3 is 15.7 Å². The lowest BCUT2D eigenvalue weighted by atomic mass is 10.1. The van der Waals surface area contributed by atoms with Crippen LogP contribution in [0.5, 0.6) is 0 Å². The summed E-state index contributed by atoms with van der Waals surface area (Å²) in [6.07, 6.45) is -0.787. The van der Waals surface area contributed by atoms with Crippen molar-refractivity contribution < 1.29 is 9.90 Å². The van der Waals surface area contributed by atoms with Crippen LogP contribution in [0.15, 0.2) is 36.4 Å².